The maximum absolute atomic E-state index is 9.37. The van der Waals surface area contributed by atoms with E-state index in [9.17, 15) is 5.26 Å². The van der Waals surface area contributed by atoms with Crippen LogP contribution in [0.15, 0.2) is 43.0 Å². The van der Waals surface area contributed by atoms with Gasteiger partial charge in [0.15, 0.2) is 0 Å². The van der Waals surface area contributed by atoms with Crippen LogP contribution in [-0.2, 0) is 0 Å². The maximum Gasteiger partial charge on any atom is 0.124 e. The maximum atomic E-state index is 9.37. The van der Waals surface area contributed by atoms with Crippen molar-refractivity contribution in [2.75, 3.05) is 0 Å². The monoisotopic (exact) mass is 290 g/mol. The second-order valence-corrected chi connectivity index (χ2v) is 6.07. The minimum absolute atomic E-state index is 0.688. The molecule has 2 nitrogen and oxygen atoms in total. The highest BCUT2D eigenvalue weighted by Crippen LogP contribution is 2.34. The minimum Gasteiger partial charge on any atom is -0.241 e. The minimum atomic E-state index is 0.688. The molecule has 0 radical (unpaired) electrons. The number of rotatable bonds is 2. The third-order valence-corrected chi connectivity index (χ3v) is 4.78. The fraction of sp³-hybridized carbons (Fsp3) is 0.111. The zero-order valence-electron chi connectivity index (χ0n) is 12.0. The fourth-order valence-corrected chi connectivity index (χ4v) is 3.42. The van der Waals surface area contributed by atoms with Crippen LogP contribution in [0.4, 0.5) is 0 Å². The molecule has 0 saturated carbocycles. The van der Waals surface area contributed by atoms with E-state index in [0.717, 1.165) is 37.5 Å². The number of thiazole rings is 1. The molecule has 0 fully saturated rings. The summed E-state index contributed by atoms with van der Waals surface area (Å²) in [6.07, 6.45) is 0. The number of nitrogens with zero attached hydrogens (tertiary/aromatic N) is 2. The predicted molar refractivity (Wildman–Crippen MR) is 89.2 cm³/mol. The Hall–Kier alpha value is -2.44. The highest BCUT2D eigenvalue weighted by Gasteiger charge is 2.12. The van der Waals surface area contributed by atoms with Gasteiger partial charge in [-0.2, -0.15) is 5.26 Å². The lowest BCUT2D eigenvalue weighted by Crippen LogP contribution is -1.84. The first-order chi connectivity index (χ1) is 10.1. The molecule has 21 heavy (non-hydrogen) atoms. The van der Waals surface area contributed by atoms with Gasteiger partial charge in [-0.25, -0.2) is 4.98 Å². The molecule has 0 spiro atoms. The van der Waals surface area contributed by atoms with E-state index in [-0.39, 0.29) is 0 Å². The Morgan fingerprint density at radius 1 is 1.29 bits per heavy atom. The van der Waals surface area contributed by atoms with Crippen LogP contribution in [0.3, 0.4) is 0 Å². The predicted octanol–water partition coefficient (Wildman–Crippen LogP) is 5.18. The van der Waals surface area contributed by atoms with Gasteiger partial charge in [-0.3, -0.25) is 0 Å². The number of aromatic nitrogens is 1. The molecule has 0 unspecified atom stereocenters. The molecule has 3 aromatic rings. The van der Waals surface area contributed by atoms with Crippen LogP contribution < -0.4 is 0 Å². The van der Waals surface area contributed by atoms with Crippen molar-refractivity contribution >= 4 is 27.7 Å². The molecule has 102 valence electrons. The van der Waals surface area contributed by atoms with Gasteiger partial charge < -0.3 is 0 Å². The van der Waals surface area contributed by atoms with E-state index in [1.807, 2.05) is 44.2 Å². The number of hydrogen-bond acceptors (Lipinski definition) is 3. The van der Waals surface area contributed by atoms with E-state index in [0.29, 0.717) is 5.56 Å². The molecular weight excluding hydrogens is 276 g/mol. The number of nitriles is 1. The summed E-state index contributed by atoms with van der Waals surface area (Å²) in [4.78, 5) is 5.75. The van der Waals surface area contributed by atoms with Gasteiger partial charge in [-0.15, -0.1) is 11.3 Å². The summed E-state index contributed by atoms with van der Waals surface area (Å²) in [5, 5.41) is 12.4. The SMILES string of the molecule is C=C(C)c1sc(-c2cc(C#N)c3ccccc3c2)nc1C. The third-order valence-electron chi connectivity index (χ3n) is 3.41. The van der Waals surface area contributed by atoms with E-state index >= 15 is 0 Å². The average molecular weight is 290 g/mol. The van der Waals surface area contributed by atoms with Crippen molar-refractivity contribution in [3.05, 3.63) is 59.1 Å². The number of allylic oxidation sites excluding steroid dienone is 1. The quantitative estimate of drug-likeness (QED) is 0.652. The van der Waals surface area contributed by atoms with E-state index in [1.54, 1.807) is 11.3 Å². The van der Waals surface area contributed by atoms with Crippen LogP contribution >= 0.6 is 11.3 Å². The Labute approximate surface area is 128 Å². The first kappa shape index (κ1) is 13.5. The summed E-state index contributed by atoms with van der Waals surface area (Å²) < 4.78 is 0. The molecule has 0 atom stereocenters. The number of aryl methyl sites for hydroxylation is 1. The molecule has 0 aliphatic carbocycles. The molecule has 3 heteroatoms. The molecule has 2 aromatic carbocycles. The topological polar surface area (TPSA) is 36.7 Å². The summed E-state index contributed by atoms with van der Waals surface area (Å²) >= 11 is 1.63. The molecule has 0 saturated heterocycles. The smallest absolute Gasteiger partial charge is 0.124 e. The summed E-state index contributed by atoms with van der Waals surface area (Å²) in [5.41, 5.74) is 3.70. The largest absolute Gasteiger partial charge is 0.241 e. The van der Waals surface area contributed by atoms with Gasteiger partial charge in [0.1, 0.15) is 5.01 Å². The van der Waals surface area contributed by atoms with Crippen LogP contribution in [0.2, 0.25) is 0 Å². The van der Waals surface area contributed by atoms with Crippen molar-refractivity contribution in [1.82, 2.24) is 4.98 Å². The zero-order valence-corrected chi connectivity index (χ0v) is 12.8. The van der Waals surface area contributed by atoms with Crippen LogP contribution in [0.1, 0.15) is 23.1 Å². The lowest BCUT2D eigenvalue weighted by molar-refractivity contribution is 1.25. The van der Waals surface area contributed by atoms with E-state index in [4.69, 9.17) is 0 Å². The fourth-order valence-electron chi connectivity index (χ4n) is 2.44. The number of fused-ring (bicyclic) bond motifs is 1. The lowest BCUT2D eigenvalue weighted by Gasteiger charge is -2.03. The second kappa shape index (κ2) is 5.16. The highest BCUT2D eigenvalue weighted by molar-refractivity contribution is 7.16. The van der Waals surface area contributed by atoms with Gasteiger partial charge in [0, 0.05) is 5.56 Å². The normalized spacial score (nSPS) is 10.5. The summed E-state index contributed by atoms with van der Waals surface area (Å²) in [6.45, 7) is 7.98. The van der Waals surface area contributed by atoms with Crippen LogP contribution in [0, 0.1) is 18.3 Å². The van der Waals surface area contributed by atoms with Crippen molar-refractivity contribution in [3.8, 4) is 16.6 Å². The Kier molecular flexibility index (Phi) is 3.32. The third kappa shape index (κ3) is 2.35. The lowest BCUT2D eigenvalue weighted by atomic mass is 10.0. The van der Waals surface area contributed by atoms with Crippen LogP contribution in [0.5, 0.6) is 0 Å². The molecule has 0 aliphatic rings. The molecule has 1 aromatic heterocycles. The van der Waals surface area contributed by atoms with Crippen molar-refractivity contribution in [3.63, 3.8) is 0 Å². The second-order valence-electron chi connectivity index (χ2n) is 5.07. The summed E-state index contributed by atoms with van der Waals surface area (Å²) in [5.74, 6) is 0. The molecule has 0 aliphatic heterocycles. The van der Waals surface area contributed by atoms with Crippen molar-refractivity contribution in [2.24, 2.45) is 0 Å². The zero-order chi connectivity index (χ0) is 15.0. The molecule has 0 N–H and O–H groups in total. The first-order valence-corrected chi connectivity index (χ1v) is 7.48. The number of hydrogen-bond donors (Lipinski definition) is 0. The van der Waals surface area contributed by atoms with Gasteiger partial charge in [0.25, 0.3) is 0 Å². The molecule has 1 heterocycles. The molecule has 0 amide bonds. The van der Waals surface area contributed by atoms with E-state index in [2.05, 4.69) is 23.7 Å². The van der Waals surface area contributed by atoms with Crippen LogP contribution in [-0.4, -0.2) is 4.98 Å². The molecule has 0 bridgehead atoms. The Bertz CT molecular complexity index is 897. The van der Waals surface area contributed by atoms with Crippen molar-refractivity contribution in [2.45, 2.75) is 13.8 Å². The molecule has 3 rings (SSSR count). The Morgan fingerprint density at radius 3 is 2.71 bits per heavy atom. The highest BCUT2D eigenvalue weighted by atomic mass is 32.1. The van der Waals surface area contributed by atoms with Crippen molar-refractivity contribution < 1.29 is 0 Å². The van der Waals surface area contributed by atoms with Gasteiger partial charge >= 0.3 is 0 Å². The van der Waals surface area contributed by atoms with Gasteiger partial charge in [0.2, 0.25) is 0 Å². The van der Waals surface area contributed by atoms with Gasteiger partial charge in [-0.1, -0.05) is 30.8 Å². The Morgan fingerprint density at radius 2 is 2.05 bits per heavy atom. The van der Waals surface area contributed by atoms with Gasteiger partial charge in [-0.05, 0) is 42.3 Å². The van der Waals surface area contributed by atoms with E-state index < -0.39 is 0 Å². The van der Waals surface area contributed by atoms with E-state index in [1.165, 1.54) is 0 Å². The van der Waals surface area contributed by atoms with Gasteiger partial charge in [0.05, 0.1) is 22.2 Å². The first-order valence-electron chi connectivity index (χ1n) is 6.66. The Balaban J connectivity index is 2.24. The molecular formula is C18H14N2S. The number of benzene rings is 2. The average Bonchev–Trinajstić information content (AvgIpc) is 2.88. The summed E-state index contributed by atoms with van der Waals surface area (Å²) in [7, 11) is 0. The van der Waals surface area contributed by atoms with Crippen LogP contribution in [0.25, 0.3) is 26.9 Å². The van der Waals surface area contributed by atoms with Crippen molar-refractivity contribution in [1.29, 1.82) is 5.26 Å². The summed E-state index contributed by atoms with van der Waals surface area (Å²) in [6, 6.07) is 14.2. The standard InChI is InChI=1S/C18H14N2S/c1-11(2)17-12(3)20-18(21-17)14-8-13-6-4-5-7-16(13)15(9-14)10-19/h4-9H,1H2,2-3H3.